The summed E-state index contributed by atoms with van der Waals surface area (Å²) >= 11 is 0. The Labute approximate surface area is 157 Å². The van der Waals surface area contributed by atoms with Crippen LogP contribution in [0, 0.1) is 28.6 Å². The van der Waals surface area contributed by atoms with Crippen molar-refractivity contribution in [1.82, 2.24) is 0 Å². The molecule has 0 unspecified atom stereocenters. The molecular formula is C23H34O3. The van der Waals surface area contributed by atoms with Crippen LogP contribution in [-0.2, 0) is 0 Å². The summed E-state index contributed by atoms with van der Waals surface area (Å²) < 4.78 is 0. The number of carbonyl (C=O) groups is 1. The van der Waals surface area contributed by atoms with Gasteiger partial charge in [-0.05, 0) is 66.4 Å². The molecule has 2 aliphatic carbocycles. The van der Waals surface area contributed by atoms with Crippen LogP contribution in [0.1, 0.15) is 83.0 Å². The molecule has 1 aromatic carbocycles. The molecule has 2 aliphatic rings. The molecular weight excluding hydrogens is 324 g/mol. The number of aromatic hydroxyl groups is 2. The second-order valence-electron chi connectivity index (χ2n) is 9.76. The van der Waals surface area contributed by atoms with E-state index in [0.717, 1.165) is 12.3 Å². The van der Waals surface area contributed by atoms with E-state index in [2.05, 4.69) is 27.7 Å². The van der Waals surface area contributed by atoms with E-state index in [1.807, 2.05) is 0 Å². The molecule has 2 N–H and O–H groups in total. The monoisotopic (exact) mass is 358 g/mol. The molecule has 144 valence electrons. The summed E-state index contributed by atoms with van der Waals surface area (Å²) in [7, 11) is 0. The number of phenols is 2. The highest BCUT2D eigenvalue weighted by Gasteiger charge is 2.53. The van der Waals surface area contributed by atoms with Crippen LogP contribution in [0.4, 0.5) is 0 Å². The topological polar surface area (TPSA) is 57.5 Å². The molecule has 1 aromatic rings. The lowest BCUT2D eigenvalue weighted by Crippen LogP contribution is -2.51. The number of rotatable bonds is 4. The number of fused-ring (bicyclic) bond motifs is 1. The van der Waals surface area contributed by atoms with E-state index in [4.69, 9.17) is 0 Å². The van der Waals surface area contributed by atoms with Crippen molar-refractivity contribution in [3.63, 3.8) is 0 Å². The van der Waals surface area contributed by atoms with E-state index in [1.54, 1.807) is 0 Å². The third-order valence-corrected chi connectivity index (χ3v) is 7.63. The maximum atomic E-state index is 12.7. The van der Waals surface area contributed by atoms with Crippen molar-refractivity contribution in [3.8, 4) is 11.5 Å². The van der Waals surface area contributed by atoms with E-state index in [0.29, 0.717) is 34.7 Å². The molecule has 3 nitrogen and oxygen atoms in total. The highest BCUT2D eigenvalue weighted by Crippen LogP contribution is 2.62. The molecule has 3 rings (SSSR count). The number of carbonyl (C=O) groups excluding carboxylic acids is 1. The van der Waals surface area contributed by atoms with Gasteiger partial charge in [-0.2, -0.15) is 0 Å². The predicted molar refractivity (Wildman–Crippen MR) is 104 cm³/mol. The smallest absolute Gasteiger partial charge is 0.163 e. The number of hydrogen-bond acceptors (Lipinski definition) is 3. The molecule has 0 amide bonds. The first-order chi connectivity index (χ1) is 12.1. The first-order valence-corrected chi connectivity index (χ1v) is 10.2. The Morgan fingerprint density at radius 2 is 1.73 bits per heavy atom. The van der Waals surface area contributed by atoms with Gasteiger partial charge in [-0.1, -0.05) is 40.5 Å². The molecule has 26 heavy (non-hydrogen) atoms. The molecule has 4 atom stereocenters. The lowest BCUT2D eigenvalue weighted by molar-refractivity contribution is -0.0956. The molecule has 0 aliphatic heterocycles. The summed E-state index contributed by atoms with van der Waals surface area (Å²) in [5.41, 5.74) is 1.13. The first kappa shape index (κ1) is 19.3. The molecule has 2 fully saturated rings. The van der Waals surface area contributed by atoms with E-state index in [9.17, 15) is 15.0 Å². The van der Waals surface area contributed by atoms with Crippen molar-refractivity contribution >= 4 is 5.78 Å². The molecule has 2 saturated carbocycles. The van der Waals surface area contributed by atoms with Crippen LogP contribution >= 0.6 is 0 Å². The Bertz CT molecular complexity index is 658. The van der Waals surface area contributed by atoms with E-state index >= 15 is 0 Å². The molecule has 0 aromatic heterocycles. The minimum atomic E-state index is -0.0551. The SMILES string of the molecule is C[C@H]1CC[C@H]2C(C)(C)CCC[C@]2(C)[C@H]1CCC(=O)c1cc(O)cc(O)c1. The van der Waals surface area contributed by atoms with Crippen LogP contribution < -0.4 is 0 Å². The Morgan fingerprint density at radius 1 is 1.08 bits per heavy atom. The largest absolute Gasteiger partial charge is 0.508 e. The quantitative estimate of drug-likeness (QED) is 0.655. The molecule has 0 spiro atoms. The van der Waals surface area contributed by atoms with Crippen molar-refractivity contribution in [1.29, 1.82) is 0 Å². The second kappa shape index (κ2) is 6.90. The van der Waals surface area contributed by atoms with Gasteiger partial charge in [-0.3, -0.25) is 4.79 Å². The van der Waals surface area contributed by atoms with Gasteiger partial charge in [-0.15, -0.1) is 0 Å². The van der Waals surface area contributed by atoms with Gasteiger partial charge in [0.15, 0.2) is 5.78 Å². The average Bonchev–Trinajstić information content (AvgIpc) is 2.52. The standard InChI is InChI=1S/C23H34O3/c1-15-6-9-21-22(2,3)10-5-11-23(21,4)19(15)7-8-20(26)16-12-17(24)14-18(25)13-16/h12-15,19,21,24-25H,5-11H2,1-4H3/t15-,19-,21-,23+/m0/s1. The van der Waals surface area contributed by atoms with Gasteiger partial charge in [0, 0.05) is 18.1 Å². The third kappa shape index (κ3) is 3.50. The fraction of sp³-hybridized carbons (Fsp3) is 0.696. The van der Waals surface area contributed by atoms with Gasteiger partial charge >= 0.3 is 0 Å². The van der Waals surface area contributed by atoms with Crippen molar-refractivity contribution in [2.45, 2.75) is 72.6 Å². The fourth-order valence-electron chi connectivity index (χ4n) is 6.41. The summed E-state index contributed by atoms with van der Waals surface area (Å²) in [5, 5.41) is 19.3. The summed E-state index contributed by atoms with van der Waals surface area (Å²) in [5.74, 6) is 1.86. The van der Waals surface area contributed by atoms with Crippen LogP contribution in [0.5, 0.6) is 11.5 Å². The van der Waals surface area contributed by atoms with Crippen molar-refractivity contribution < 1.29 is 15.0 Å². The Hall–Kier alpha value is -1.51. The number of benzene rings is 1. The van der Waals surface area contributed by atoms with Crippen LogP contribution in [-0.4, -0.2) is 16.0 Å². The van der Waals surface area contributed by atoms with E-state index in [-0.39, 0.29) is 17.3 Å². The number of hydrogen-bond donors (Lipinski definition) is 2. The van der Waals surface area contributed by atoms with Crippen molar-refractivity contribution in [2.24, 2.45) is 28.6 Å². The van der Waals surface area contributed by atoms with Gasteiger partial charge in [0.1, 0.15) is 11.5 Å². The van der Waals surface area contributed by atoms with Gasteiger partial charge in [-0.25, -0.2) is 0 Å². The number of ketones is 1. The summed E-state index contributed by atoms with van der Waals surface area (Å²) in [4.78, 5) is 12.7. The van der Waals surface area contributed by atoms with Crippen molar-refractivity contribution in [3.05, 3.63) is 23.8 Å². The second-order valence-corrected chi connectivity index (χ2v) is 9.76. The lowest BCUT2D eigenvalue weighted by Gasteiger charge is -2.59. The number of Topliss-reactive ketones (excluding diaryl/α,β-unsaturated/α-hetero) is 1. The predicted octanol–water partition coefficient (Wildman–Crippen LogP) is 5.94. The maximum Gasteiger partial charge on any atom is 0.163 e. The van der Waals surface area contributed by atoms with Crippen molar-refractivity contribution in [2.75, 3.05) is 0 Å². The summed E-state index contributed by atoms with van der Waals surface area (Å²) in [6, 6.07) is 4.18. The maximum absolute atomic E-state index is 12.7. The highest BCUT2D eigenvalue weighted by molar-refractivity contribution is 5.96. The Balaban J connectivity index is 1.76. The average molecular weight is 359 g/mol. The van der Waals surface area contributed by atoms with Crippen LogP contribution in [0.25, 0.3) is 0 Å². The zero-order valence-electron chi connectivity index (χ0n) is 16.7. The molecule has 0 radical (unpaired) electrons. The normalized spacial score (nSPS) is 33.5. The Kier molecular flexibility index (Phi) is 5.11. The van der Waals surface area contributed by atoms with E-state index in [1.165, 1.54) is 50.3 Å². The van der Waals surface area contributed by atoms with Gasteiger partial charge in [0.05, 0.1) is 0 Å². The number of phenolic OH excluding ortho intramolecular Hbond substituents is 2. The van der Waals surface area contributed by atoms with Gasteiger partial charge in [0.2, 0.25) is 0 Å². The van der Waals surface area contributed by atoms with Crippen LogP contribution in [0.3, 0.4) is 0 Å². The Morgan fingerprint density at radius 3 is 2.38 bits per heavy atom. The summed E-state index contributed by atoms with van der Waals surface area (Å²) in [6.45, 7) is 9.70. The fourth-order valence-corrected chi connectivity index (χ4v) is 6.41. The minimum absolute atomic E-state index is 0.0178. The minimum Gasteiger partial charge on any atom is -0.508 e. The van der Waals surface area contributed by atoms with Gasteiger partial charge < -0.3 is 10.2 Å². The van der Waals surface area contributed by atoms with E-state index < -0.39 is 0 Å². The first-order valence-electron chi connectivity index (χ1n) is 10.2. The highest BCUT2D eigenvalue weighted by atomic mass is 16.3. The lowest BCUT2D eigenvalue weighted by atomic mass is 9.46. The molecule has 0 bridgehead atoms. The van der Waals surface area contributed by atoms with Crippen LogP contribution in [0.2, 0.25) is 0 Å². The summed E-state index contributed by atoms with van der Waals surface area (Å²) in [6.07, 6.45) is 7.84. The molecule has 0 saturated heterocycles. The molecule has 0 heterocycles. The van der Waals surface area contributed by atoms with Gasteiger partial charge in [0.25, 0.3) is 0 Å². The third-order valence-electron chi connectivity index (χ3n) is 7.63. The zero-order valence-corrected chi connectivity index (χ0v) is 16.7. The van der Waals surface area contributed by atoms with Crippen LogP contribution in [0.15, 0.2) is 18.2 Å². The molecule has 3 heteroatoms. The zero-order chi connectivity index (χ0) is 19.1.